The van der Waals surface area contributed by atoms with Crippen molar-refractivity contribution in [3.05, 3.63) is 51.9 Å². The maximum atomic E-state index is 4.46. The number of aromatic nitrogens is 3. The molecule has 0 aliphatic rings. The van der Waals surface area contributed by atoms with Crippen molar-refractivity contribution in [2.75, 3.05) is 7.05 Å². The molecular weight excluding hydrogens is 328 g/mol. The molecule has 3 rings (SSSR count). The summed E-state index contributed by atoms with van der Waals surface area (Å²) in [5, 5.41) is 9.00. The van der Waals surface area contributed by atoms with Gasteiger partial charge in [0, 0.05) is 30.7 Å². The van der Waals surface area contributed by atoms with Crippen molar-refractivity contribution in [1.82, 2.24) is 19.7 Å². The molecule has 2 aromatic heterocycles. The first-order valence-corrected chi connectivity index (χ1v) is 7.80. The third-order valence-corrected chi connectivity index (χ3v) is 4.88. The summed E-state index contributed by atoms with van der Waals surface area (Å²) in [4.78, 5) is 0. The quantitative estimate of drug-likeness (QED) is 0.787. The minimum Gasteiger partial charge on any atom is -0.341 e. The van der Waals surface area contributed by atoms with Crippen LogP contribution in [0.5, 0.6) is 0 Å². The van der Waals surface area contributed by atoms with E-state index < -0.39 is 0 Å². The molecule has 3 aromatic rings. The van der Waals surface area contributed by atoms with Crippen molar-refractivity contribution in [3.63, 3.8) is 0 Å². The van der Waals surface area contributed by atoms with Crippen LogP contribution in [0.4, 0.5) is 0 Å². The summed E-state index contributed by atoms with van der Waals surface area (Å²) in [7, 11) is 3.97. The molecule has 4 nitrogen and oxygen atoms in total. The first kappa shape index (κ1) is 14.4. The lowest BCUT2D eigenvalue weighted by Crippen LogP contribution is -2.06. The fourth-order valence-corrected chi connectivity index (χ4v) is 3.24. The van der Waals surface area contributed by atoms with E-state index in [2.05, 4.69) is 61.4 Å². The first-order valence-electron chi connectivity index (χ1n) is 7.01. The summed E-state index contributed by atoms with van der Waals surface area (Å²) in [6.45, 7) is 3.71. The molecule has 1 N–H and O–H groups in total. The van der Waals surface area contributed by atoms with Gasteiger partial charge in [0.1, 0.15) is 0 Å². The summed E-state index contributed by atoms with van der Waals surface area (Å²) in [5.74, 6) is 0. The maximum absolute atomic E-state index is 4.46. The molecule has 0 spiro atoms. The van der Waals surface area contributed by atoms with Gasteiger partial charge < -0.3 is 9.88 Å². The van der Waals surface area contributed by atoms with Crippen molar-refractivity contribution in [2.24, 2.45) is 7.05 Å². The summed E-state index contributed by atoms with van der Waals surface area (Å²) in [6.07, 6.45) is 2.15. The predicted molar refractivity (Wildman–Crippen MR) is 89.4 cm³/mol. The van der Waals surface area contributed by atoms with Gasteiger partial charge >= 0.3 is 0 Å². The van der Waals surface area contributed by atoms with Gasteiger partial charge in [-0.15, -0.1) is 0 Å². The second-order valence-corrected chi connectivity index (χ2v) is 6.09. The Morgan fingerprint density at radius 2 is 2.10 bits per heavy atom. The minimum atomic E-state index is 0.810. The Hall–Kier alpha value is -1.59. The Labute approximate surface area is 132 Å². The smallest absolute Gasteiger partial charge is 0.0739 e. The van der Waals surface area contributed by atoms with Gasteiger partial charge in [0.15, 0.2) is 0 Å². The van der Waals surface area contributed by atoms with Crippen molar-refractivity contribution >= 4 is 26.8 Å². The van der Waals surface area contributed by atoms with E-state index in [1.165, 1.54) is 22.2 Å². The SMILES string of the molecule is CNCc1cccc2c1ccn2Cc1c(Br)c(C)nn1C. The van der Waals surface area contributed by atoms with E-state index in [1.807, 2.05) is 25.7 Å². The van der Waals surface area contributed by atoms with Crippen LogP contribution in [0.15, 0.2) is 34.9 Å². The Bertz CT molecular complexity index is 785. The predicted octanol–water partition coefficient (Wildman–Crippen LogP) is 3.21. The van der Waals surface area contributed by atoms with Gasteiger partial charge in [-0.25, -0.2) is 0 Å². The third-order valence-electron chi connectivity index (χ3n) is 3.85. The zero-order valence-corrected chi connectivity index (χ0v) is 14.1. The third kappa shape index (κ3) is 2.51. The lowest BCUT2D eigenvalue weighted by Gasteiger charge is -2.08. The molecule has 2 heterocycles. The van der Waals surface area contributed by atoms with Crippen LogP contribution in [-0.2, 0) is 20.1 Å². The summed E-state index contributed by atoms with van der Waals surface area (Å²) >= 11 is 3.64. The first-order chi connectivity index (χ1) is 10.1. The van der Waals surface area contributed by atoms with Crippen molar-refractivity contribution < 1.29 is 0 Å². The van der Waals surface area contributed by atoms with Crippen LogP contribution < -0.4 is 5.32 Å². The topological polar surface area (TPSA) is 34.8 Å². The highest BCUT2D eigenvalue weighted by molar-refractivity contribution is 9.10. The highest BCUT2D eigenvalue weighted by Crippen LogP contribution is 2.25. The fourth-order valence-electron chi connectivity index (χ4n) is 2.78. The Kier molecular flexibility index (Phi) is 3.87. The van der Waals surface area contributed by atoms with Crippen LogP contribution in [0, 0.1) is 6.92 Å². The lowest BCUT2D eigenvalue weighted by atomic mass is 10.1. The Morgan fingerprint density at radius 3 is 2.76 bits per heavy atom. The number of benzene rings is 1. The minimum absolute atomic E-state index is 0.810. The van der Waals surface area contributed by atoms with E-state index in [0.717, 1.165) is 23.3 Å². The number of aryl methyl sites for hydroxylation is 2. The van der Waals surface area contributed by atoms with E-state index in [-0.39, 0.29) is 0 Å². The van der Waals surface area contributed by atoms with Crippen molar-refractivity contribution in [1.29, 1.82) is 0 Å². The van der Waals surface area contributed by atoms with E-state index in [1.54, 1.807) is 0 Å². The summed E-state index contributed by atoms with van der Waals surface area (Å²) < 4.78 is 5.32. The Morgan fingerprint density at radius 1 is 1.29 bits per heavy atom. The number of hydrogen-bond donors (Lipinski definition) is 1. The molecule has 0 saturated carbocycles. The van der Waals surface area contributed by atoms with Gasteiger partial charge in [-0.2, -0.15) is 5.10 Å². The van der Waals surface area contributed by atoms with E-state index in [0.29, 0.717) is 0 Å². The molecule has 0 amide bonds. The van der Waals surface area contributed by atoms with Gasteiger partial charge in [-0.05, 0) is 47.6 Å². The molecule has 0 aliphatic heterocycles. The second-order valence-electron chi connectivity index (χ2n) is 5.29. The monoisotopic (exact) mass is 346 g/mol. The van der Waals surface area contributed by atoms with Gasteiger partial charge in [0.25, 0.3) is 0 Å². The molecule has 5 heteroatoms. The number of nitrogens with zero attached hydrogens (tertiary/aromatic N) is 3. The molecule has 0 fully saturated rings. The molecule has 1 aromatic carbocycles. The van der Waals surface area contributed by atoms with Gasteiger partial charge in [0.2, 0.25) is 0 Å². The van der Waals surface area contributed by atoms with E-state index in [9.17, 15) is 0 Å². The number of rotatable bonds is 4. The zero-order valence-electron chi connectivity index (χ0n) is 12.5. The number of hydrogen-bond acceptors (Lipinski definition) is 2. The fraction of sp³-hybridized carbons (Fsp3) is 0.312. The molecule has 0 bridgehead atoms. The largest absolute Gasteiger partial charge is 0.341 e. The van der Waals surface area contributed by atoms with Gasteiger partial charge in [-0.1, -0.05) is 12.1 Å². The maximum Gasteiger partial charge on any atom is 0.0739 e. The standard InChI is InChI=1S/C16H19BrN4/c1-11-16(17)15(20(3)19-11)10-21-8-7-13-12(9-18-2)5-4-6-14(13)21/h4-8,18H,9-10H2,1-3H3. The van der Waals surface area contributed by atoms with E-state index >= 15 is 0 Å². The van der Waals surface area contributed by atoms with Crippen molar-refractivity contribution in [3.8, 4) is 0 Å². The molecule has 0 atom stereocenters. The summed E-state index contributed by atoms with van der Waals surface area (Å²) in [6, 6.07) is 8.66. The lowest BCUT2D eigenvalue weighted by molar-refractivity contribution is 0.671. The van der Waals surface area contributed by atoms with E-state index in [4.69, 9.17) is 0 Å². The molecule has 0 aliphatic carbocycles. The second kappa shape index (κ2) is 5.66. The number of fused-ring (bicyclic) bond motifs is 1. The number of nitrogens with one attached hydrogen (secondary N) is 1. The van der Waals surface area contributed by atoms with Crippen LogP contribution in [0.2, 0.25) is 0 Å². The summed E-state index contributed by atoms with van der Waals surface area (Å²) in [5.41, 5.74) is 4.80. The molecule has 0 unspecified atom stereocenters. The normalized spacial score (nSPS) is 11.4. The highest BCUT2D eigenvalue weighted by Gasteiger charge is 2.12. The Balaban J connectivity index is 2.04. The molecular formula is C16H19BrN4. The highest BCUT2D eigenvalue weighted by atomic mass is 79.9. The van der Waals surface area contributed by atoms with Crippen LogP contribution in [0.3, 0.4) is 0 Å². The van der Waals surface area contributed by atoms with Gasteiger partial charge in [-0.3, -0.25) is 4.68 Å². The molecule has 0 saturated heterocycles. The number of halogens is 1. The molecule has 110 valence electrons. The average Bonchev–Trinajstić information content (AvgIpc) is 2.97. The van der Waals surface area contributed by atoms with Crippen LogP contribution in [0.25, 0.3) is 10.9 Å². The zero-order chi connectivity index (χ0) is 15.0. The van der Waals surface area contributed by atoms with Gasteiger partial charge in [0.05, 0.1) is 22.4 Å². The van der Waals surface area contributed by atoms with Crippen molar-refractivity contribution in [2.45, 2.75) is 20.0 Å². The van der Waals surface area contributed by atoms with Crippen LogP contribution in [0.1, 0.15) is 17.0 Å². The van der Waals surface area contributed by atoms with Crippen LogP contribution in [-0.4, -0.2) is 21.4 Å². The molecule has 21 heavy (non-hydrogen) atoms. The van der Waals surface area contributed by atoms with Crippen LogP contribution >= 0.6 is 15.9 Å². The molecule has 0 radical (unpaired) electrons. The average molecular weight is 347 g/mol.